The highest BCUT2D eigenvalue weighted by Gasteiger charge is 2.15. The minimum absolute atomic E-state index is 0.568. The lowest BCUT2D eigenvalue weighted by Crippen LogP contribution is -2.03. The molecule has 2 bridgehead atoms. The zero-order valence-electron chi connectivity index (χ0n) is 15.7. The van der Waals surface area contributed by atoms with E-state index in [0.29, 0.717) is 41.3 Å². The van der Waals surface area contributed by atoms with E-state index in [4.69, 9.17) is 25.8 Å². The van der Waals surface area contributed by atoms with Crippen LogP contribution in [0.15, 0.2) is 36.7 Å². The molecule has 3 aromatic rings. The average Bonchev–Trinajstić information content (AvgIpc) is 2.71. The van der Waals surface area contributed by atoms with Gasteiger partial charge in [0.25, 0.3) is 0 Å². The Kier molecular flexibility index (Phi) is 5.67. The van der Waals surface area contributed by atoms with Crippen LogP contribution in [0.4, 0.5) is 11.5 Å². The number of nitrogens with one attached hydrogen (secondary N) is 1. The molecule has 0 radical (unpaired) electrons. The topological polar surface area (TPSA) is 65.5 Å². The summed E-state index contributed by atoms with van der Waals surface area (Å²) < 4.78 is 17.5. The summed E-state index contributed by atoms with van der Waals surface area (Å²) >= 11 is 6.39. The number of methoxy groups -OCH3 is 1. The van der Waals surface area contributed by atoms with Gasteiger partial charge < -0.3 is 19.5 Å². The molecule has 0 saturated heterocycles. The van der Waals surface area contributed by atoms with E-state index in [0.717, 1.165) is 42.3 Å². The first-order valence-electron chi connectivity index (χ1n) is 9.40. The summed E-state index contributed by atoms with van der Waals surface area (Å²) in [5.74, 6) is 2.63. The molecule has 1 N–H and O–H groups in total. The zero-order chi connectivity index (χ0) is 19.3. The standard InChI is InChI=1S/C21H22ClN3O3/c1-26-18-12-17-14-11-19(18)27-9-4-2-3-5-10-28-20-15(22)7-6-8-16(20)25-21(14)24-13-23-17/h6-8,11-13H,2-5,9-10H2,1H3,(H,23,24,25). The van der Waals surface area contributed by atoms with Gasteiger partial charge in [-0.15, -0.1) is 0 Å². The Morgan fingerprint density at radius 2 is 1.86 bits per heavy atom. The number of benzene rings is 2. The van der Waals surface area contributed by atoms with Crippen molar-refractivity contribution in [2.45, 2.75) is 25.7 Å². The second-order valence-electron chi connectivity index (χ2n) is 6.60. The number of rotatable bonds is 1. The van der Waals surface area contributed by atoms with Crippen molar-refractivity contribution in [3.05, 3.63) is 41.7 Å². The third-order valence-corrected chi connectivity index (χ3v) is 4.98. The Morgan fingerprint density at radius 1 is 1.04 bits per heavy atom. The number of aromatic nitrogens is 2. The van der Waals surface area contributed by atoms with Crippen molar-refractivity contribution in [2.75, 3.05) is 25.6 Å². The van der Waals surface area contributed by atoms with Crippen molar-refractivity contribution in [3.8, 4) is 17.2 Å². The van der Waals surface area contributed by atoms with E-state index in [2.05, 4.69) is 15.3 Å². The zero-order valence-corrected chi connectivity index (χ0v) is 16.5. The third kappa shape index (κ3) is 3.92. The minimum atomic E-state index is 0.568. The van der Waals surface area contributed by atoms with Crippen molar-refractivity contribution in [1.82, 2.24) is 9.97 Å². The molecule has 6 nitrogen and oxygen atoms in total. The molecule has 0 unspecified atom stereocenters. The molecule has 146 valence electrons. The predicted molar refractivity (Wildman–Crippen MR) is 110 cm³/mol. The smallest absolute Gasteiger partial charge is 0.162 e. The first-order valence-corrected chi connectivity index (χ1v) is 9.78. The van der Waals surface area contributed by atoms with Gasteiger partial charge in [-0.05, 0) is 43.9 Å². The molecule has 7 heteroatoms. The lowest BCUT2D eigenvalue weighted by molar-refractivity contribution is 0.277. The molecule has 1 aliphatic rings. The van der Waals surface area contributed by atoms with Crippen LogP contribution in [0.2, 0.25) is 5.02 Å². The number of para-hydroxylation sites is 1. The largest absolute Gasteiger partial charge is 0.493 e. The second kappa shape index (κ2) is 8.52. The number of ether oxygens (including phenoxy) is 3. The number of fused-ring (bicyclic) bond motifs is 2. The molecule has 0 aliphatic carbocycles. The van der Waals surface area contributed by atoms with Crippen LogP contribution in [-0.4, -0.2) is 30.3 Å². The monoisotopic (exact) mass is 399 g/mol. The lowest BCUT2D eigenvalue weighted by atomic mass is 10.2. The summed E-state index contributed by atoms with van der Waals surface area (Å²) in [5.41, 5.74) is 1.52. The maximum Gasteiger partial charge on any atom is 0.162 e. The third-order valence-electron chi connectivity index (χ3n) is 4.68. The van der Waals surface area contributed by atoms with Gasteiger partial charge in [-0.25, -0.2) is 9.97 Å². The quantitative estimate of drug-likeness (QED) is 0.593. The van der Waals surface area contributed by atoms with Crippen LogP contribution in [0.25, 0.3) is 10.9 Å². The Hall–Kier alpha value is -2.73. The van der Waals surface area contributed by atoms with Crippen LogP contribution >= 0.6 is 11.6 Å². The molecule has 0 amide bonds. The Morgan fingerprint density at radius 3 is 2.68 bits per heavy atom. The van der Waals surface area contributed by atoms with Crippen LogP contribution < -0.4 is 19.5 Å². The van der Waals surface area contributed by atoms with E-state index < -0.39 is 0 Å². The number of anilines is 2. The minimum Gasteiger partial charge on any atom is -0.493 e. The molecule has 0 fully saturated rings. The van der Waals surface area contributed by atoms with Crippen LogP contribution in [0.5, 0.6) is 17.2 Å². The maximum absolute atomic E-state index is 6.39. The van der Waals surface area contributed by atoms with Crippen molar-refractivity contribution in [3.63, 3.8) is 0 Å². The molecule has 4 rings (SSSR count). The van der Waals surface area contributed by atoms with E-state index in [1.165, 1.54) is 6.33 Å². The highest BCUT2D eigenvalue weighted by Crippen LogP contribution is 2.38. The van der Waals surface area contributed by atoms with Gasteiger partial charge in [0, 0.05) is 11.5 Å². The van der Waals surface area contributed by atoms with Crippen LogP contribution in [0, 0.1) is 0 Å². The highest BCUT2D eigenvalue weighted by molar-refractivity contribution is 6.32. The lowest BCUT2D eigenvalue weighted by Gasteiger charge is -2.16. The summed E-state index contributed by atoms with van der Waals surface area (Å²) in [7, 11) is 1.63. The SMILES string of the molecule is COc1cc2ncnc3c2cc1OCCCCCCOc1c(Cl)cccc1N3. The van der Waals surface area contributed by atoms with E-state index >= 15 is 0 Å². The molecular weight excluding hydrogens is 378 g/mol. The highest BCUT2D eigenvalue weighted by atomic mass is 35.5. The van der Waals surface area contributed by atoms with Gasteiger partial charge >= 0.3 is 0 Å². The fourth-order valence-electron chi connectivity index (χ4n) is 3.23. The van der Waals surface area contributed by atoms with Gasteiger partial charge in [-0.2, -0.15) is 0 Å². The molecule has 0 atom stereocenters. The maximum atomic E-state index is 6.39. The van der Waals surface area contributed by atoms with Gasteiger partial charge in [-0.3, -0.25) is 0 Å². The molecule has 2 heterocycles. The van der Waals surface area contributed by atoms with Crippen molar-refractivity contribution in [2.24, 2.45) is 0 Å². The molecule has 0 spiro atoms. The Labute approximate surface area is 168 Å². The van der Waals surface area contributed by atoms with E-state index in [1.54, 1.807) is 7.11 Å². The molecule has 28 heavy (non-hydrogen) atoms. The first-order chi connectivity index (χ1) is 13.8. The van der Waals surface area contributed by atoms with Gasteiger partial charge in [0.05, 0.1) is 36.6 Å². The predicted octanol–water partition coefficient (Wildman–Crippen LogP) is 5.37. The van der Waals surface area contributed by atoms with Crippen molar-refractivity contribution >= 4 is 34.0 Å². The second-order valence-corrected chi connectivity index (χ2v) is 7.00. The van der Waals surface area contributed by atoms with E-state index in [9.17, 15) is 0 Å². The summed E-state index contributed by atoms with van der Waals surface area (Å²) in [5, 5.41) is 4.75. The summed E-state index contributed by atoms with van der Waals surface area (Å²) in [6.07, 6.45) is 5.58. The molecular formula is C21H22ClN3O3. The number of halogens is 1. The number of nitrogens with zero attached hydrogens (tertiary/aromatic N) is 2. The Bertz CT molecular complexity index is 981. The van der Waals surface area contributed by atoms with Crippen LogP contribution in [-0.2, 0) is 0 Å². The fourth-order valence-corrected chi connectivity index (χ4v) is 3.46. The van der Waals surface area contributed by atoms with Gasteiger partial charge in [0.15, 0.2) is 17.2 Å². The number of hydrogen-bond acceptors (Lipinski definition) is 6. The molecule has 0 saturated carbocycles. The number of hydrogen-bond donors (Lipinski definition) is 1. The van der Waals surface area contributed by atoms with E-state index in [1.807, 2.05) is 30.3 Å². The van der Waals surface area contributed by atoms with Gasteiger partial charge in [0.2, 0.25) is 0 Å². The molecule has 1 aromatic heterocycles. The van der Waals surface area contributed by atoms with E-state index in [-0.39, 0.29) is 0 Å². The normalized spacial score (nSPS) is 14.8. The molecule has 1 aliphatic heterocycles. The summed E-state index contributed by atoms with van der Waals surface area (Å²) in [6.45, 7) is 1.24. The fraction of sp³-hybridized carbons (Fsp3) is 0.333. The van der Waals surface area contributed by atoms with Gasteiger partial charge in [-0.1, -0.05) is 17.7 Å². The van der Waals surface area contributed by atoms with Crippen LogP contribution in [0.3, 0.4) is 0 Å². The summed E-state index contributed by atoms with van der Waals surface area (Å²) in [4.78, 5) is 8.80. The van der Waals surface area contributed by atoms with Gasteiger partial charge in [0.1, 0.15) is 12.1 Å². The van der Waals surface area contributed by atoms with Crippen molar-refractivity contribution in [1.29, 1.82) is 0 Å². The van der Waals surface area contributed by atoms with Crippen LogP contribution in [0.1, 0.15) is 25.7 Å². The van der Waals surface area contributed by atoms with Crippen molar-refractivity contribution < 1.29 is 14.2 Å². The Balaban J connectivity index is 1.82. The first kappa shape index (κ1) is 18.6. The summed E-state index contributed by atoms with van der Waals surface area (Å²) in [6, 6.07) is 9.41. The average molecular weight is 400 g/mol. The molecule has 2 aromatic carbocycles.